The minimum Gasteiger partial charge on any atom is -0.319 e. The number of nitrogens with zero attached hydrogens (tertiary/aromatic N) is 3. The molecule has 0 spiro atoms. The third-order valence-electron chi connectivity index (χ3n) is 2.52. The van der Waals surface area contributed by atoms with E-state index in [1.165, 1.54) is 0 Å². The van der Waals surface area contributed by atoms with Crippen LogP contribution in [0.4, 0.5) is 0 Å². The third kappa shape index (κ3) is 2.28. The van der Waals surface area contributed by atoms with E-state index in [-0.39, 0.29) is 0 Å². The smallest absolute Gasteiger partial charge is 0.0697 e. The number of hydrogen-bond acceptors (Lipinski definition) is 3. The van der Waals surface area contributed by atoms with Crippen molar-refractivity contribution in [2.24, 2.45) is 7.05 Å². The van der Waals surface area contributed by atoms with E-state index in [0.29, 0.717) is 0 Å². The molecule has 4 nitrogen and oxygen atoms in total. The molecule has 0 unspecified atom stereocenters. The van der Waals surface area contributed by atoms with Crippen LogP contribution >= 0.6 is 0 Å². The Hall–Kier alpha value is -1.68. The first-order valence-corrected chi connectivity index (χ1v) is 5.39. The molecule has 0 aliphatic rings. The molecule has 0 aromatic carbocycles. The highest BCUT2D eigenvalue weighted by molar-refractivity contribution is 5.58. The van der Waals surface area contributed by atoms with Crippen molar-refractivity contribution in [1.82, 2.24) is 20.1 Å². The van der Waals surface area contributed by atoms with E-state index in [2.05, 4.69) is 21.5 Å². The SMILES string of the molecule is CNCCc1cc(-c2cccnc2)n(C)n1. The van der Waals surface area contributed by atoms with Crippen molar-refractivity contribution in [2.45, 2.75) is 6.42 Å². The second-order valence-electron chi connectivity index (χ2n) is 3.74. The number of likely N-dealkylation sites (N-methyl/N-ethyl adjacent to an activating group) is 1. The zero-order valence-corrected chi connectivity index (χ0v) is 9.64. The lowest BCUT2D eigenvalue weighted by atomic mass is 10.2. The van der Waals surface area contributed by atoms with E-state index in [9.17, 15) is 0 Å². The number of pyridine rings is 1. The second kappa shape index (κ2) is 4.90. The van der Waals surface area contributed by atoms with Crippen molar-refractivity contribution in [3.05, 3.63) is 36.3 Å². The molecule has 0 radical (unpaired) electrons. The molecule has 0 bridgehead atoms. The molecular formula is C12H16N4. The number of aromatic nitrogens is 3. The fourth-order valence-corrected chi connectivity index (χ4v) is 1.69. The van der Waals surface area contributed by atoms with Crippen LogP contribution in [0.3, 0.4) is 0 Å². The Bertz CT molecular complexity index is 447. The number of nitrogens with one attached hydrogen (secondary N) is 1. The number of hydrogen-bond donors (Lipinski definition) is 1. The topological polar surface area (TPSA) is 42.7 Å². The molecule has 84 valence electrons. The summed E-state index contributed by atoms with van der Waals surface area (Å²) in [5.74, 6) is 0. The van der Waals surface area contributed by atoms with Crippen LogP contribution in [0.2, 0.25) is 0 Å². The molecule has 16 heavy (non-hydrogen) atoms. The van der Waals surface area contributed by atoms with Gasteiger partial charge in [0.15, 0.2) is 0 Å². The van der Waals surface area contributed by atoms with Crippen LogP contribution in [-0.2, 0) is 13.5 Å². The monoisotopic (exact) mass is 216 g/mol. The van der Waals surface area contributed by atoms with Crippen LogP contribution < -0.4 is 5.32 Å². The highest BCUT2D eigenvalue weighted by atomic mass is 15.3. The van der Waals surface area contributed by atoms with E-state index in [4.69, 9.17) is 0 Å². The van der Waals surface area contributed by atoms with Gasteiger partial charge in [-0.15, -0.1) is 0 Å². The first-order valence-electron chi connectivity index (χ1n) is 5.39. The fourth-order valence-electron chi connectivity index (χ4n) is 1.69. The lowest BCUT2D eigenvalue weighted by Crippen LogP contribution is -2.10. The van der Waals surface area contributed by atoms with Gasteiger partial charge >= 0.3 is 0 Å². The summed E-state index contributed by atoms with van der Waals surface area (Å²) >= 11 is 0. The molecule has 0 atom stereocenters. The molecule has 1 N–H and O–H groups in total. The summed E-state index contributed by atoms with van der Waals surface area (Å²) in [5.41, 5.74) is 3.32. The van der Waals surface area contributed by atoms with E-state index in [0.717, 1.165) is 29.9 Å². The Kier molecular flexibility index (Phi) is 3.31. The van der Waals surface area contributed by atoms with Crippen LogP contribution in [0.25, 0.3) is 11.3 Å². The van der Waals surface area contributed by atoms with E-state index in [1.807, 2.05) is 37.1 Å². The summed E-state index contributed by atoms with van der Waals surface area (Å²) in [5, 5.41) is 7.60. The van der Waals surface area contributed by atoms with E-state index in [1.54, 1.807) is 6.20 Å². The molecular weight excluding hydrogens is 200 g/mol. The van der Waals surface area contributed by atoms with Crippen LogP contribution in [0, 0.1) is 0 Å². The third-order valence-corrected chi connectivity index (χ3v) is 2.52. The Balaban J connectivity index is 2.25. The van der Waals surface area contributed by atoms with Crippen molar-refractivity contribution in [1.29, 1.82) is 0 Å². The van der Waals surface area contributed by atoms with Gasteiger partial charge in [-0.2, -0.15) is 5.10 Å². The highest BCUT2D eigenvalue weighted by Crippen LogP contribution is 2.18. The van der Waals surface area contributed by atoms with Crippen molar-refractivity contribution in [3.8, 4) is 11.3 Å². The molecule has 0 amide bonds. The average Bonchev–Trinajstić information content (AvgIpc) is 2.69. The molecule has 0 aliphatic carbocycles. The first kappa shape index (κ1) is 10.8. The quantitative estimate of drug-likeness (QED) is 0.836. The molecule has 0 fully saturated rings. The van der Waals surface area contributed by atoms with Gasteiger partial charge in [0, 0.05) is 38.0 Å². The Morgan fingerprint density at radius 1 is 1.44 bits per heavy atom. The average molecular weight is 216 g/mol. The van der Waals surface area contributed by atoms with Crippen LogP contribution in [0.1, 0.15) is 5.69 Å². The van der Waals surface area contributed by atoms with Crippen molar-refractivity contribution < 1.29 is 0 Å². The minimum atomic E-state index is 0.948. The molecule has 2 rings (SSSR count). The van der Waals surface area contributed by atoms with Gasteiger partial charge in [0.05, 0.1) is 11.4 Å². The molecule has 2 aromatic rings. The molecule has 0 saturated carbocycles. The summed E-state index contributed by atoms with van der Waals surface area (Å²) in [6.07, 6.45) is 4.59. The largest absolute Gasteiger partial charge is 0.319 e. The van der Waals surface area contributed by atoms with Gasteiger partial charge in [-0.25, -0.2) is 0 Å². The van der Waals surface area contributed by atoms with Crippen LogP contribution in [0.15, 0.2) is 30.6 Å². The molecule has 4 heteroatoms. The maximum Gasteiger partial charge on any atom is 0.0697 e. The van der Waals surface area contributed by atoms with Crippen molar-refractivity contribution in [3.63, 3.8) is 0 Å². The Labute approximate surface area is 95.3 Å². The highest BCUT2D eigenvalue weighted by Gasteiger charge is 2.06. The Morgan fingerprint density at radius 2 is 2.31 bits per heavy atom. The van der Waals surface area contributed by atoms with Gasteiger partial charge < -0.3 is 5.32 Å². The molecule has 2 heterocycles. The first-order chi connectivity index (χ1) is 7.81. The zero-order valence-electron chi connectivity index (χ0n) is 9.64. The van der Waals surface area contributed by atoms with Gasteiger partial charge in [0.1, 0.15) is 0 Å². The maximum absolute atomic E-state index is 4.47. The van der Waals surface area contributed by atoms with Gasteiger partial charge in [-0.3, -0.25) is 9.67 Å². The lowest BCUT2D eigenvalue weighted by molar-refractivity contribution is 0.720. The summed E-state index contributed by atoms with van der Waals surface area (Å²) in [6, 6.07) is 6.11. The number of aryl methyl sites for hydroxylation is 1. The molecule has 0 aliphatic heterocycles. The van der Waals surface area contributed by atoms with Gasteiger partial charge in [-0.1, -0.05) is 0 Å². The van der Waals surface area contributed by atoms with Gasteiger partial charge in [0.2, 0.25) is 0 Å². The van der Waals surface area contributed by atoms with Crippen molar-refractivity contribution >= 4 is 0 Å². The minimum absolute atomic E-state index is 0.948. The predicted molar refractivity (Wildman–Crippen MR) is 64.1 cm³/mol. The van der Waals surface area contributed by atoms with Crippen LogP contribution in [-0.4, -0.2) is 28.4 Å². The summed E-state index contributed by atoms with van der Waals surface area (Å²) in [6.45, 7) is 0.948. The van der Waals surface area contributed by atoms with Crippen molar-refractivity contribution in [2.75, 3.05) is 13.6 Å². The fraction of sp³-hybridized carbons (Fsp3) is 0.333. The van der Waals surface area contributed by atoms with Gasteiger partial charge in [-0.05, 0) is 25.2 Å². The Morgan fingerprint density at radius 3 is 3.00 bits per heavy atom. The number of rotatable bonds is 4. The summed E-state index contributed by atoms with van der Waals surface area (Å²) < 4.78 is 1.90. The van der Waals surface area contributed by atoms with E-state index >= 15 is 0 Å². The molecule has 0 saturated heterocycles. The summed E-state index contributed by atoms with van der Waals surface area (Å²) in [7, 11) is 3.91. The normalized spacial score (nSPS) is 10.6. The predicted octanol–water partition coefficient (Wildman–Crippen LogP) is 1.24. The van der Waals surface area contributed by atoms with Crippen LogP contribution in [0.5, 0.6) is 0 Å². The molecule has 2 aromatic heterocycles. The maximum atomic E-state index is 4.47. The second-order valence-corrected chi connectivity index (χ2v) is 3.74. The standard InChI is InChI=1S/C12H16N4/c1-13-7-5-11-8-12(16(2)15-11)10-4-3-6-14-9-10/h3-4,6,8-9,13H,5,7H2,1-2H3. The summed E-state index contributed by atoms with van der Waals surface area (Å²) in [4.78, 5) is 4.12. The zero-order chi connectivity index (χ0) is 11.4. The lowest BCUT2D eigenvalue weighted by Gasteiger charge is -1.99. The van der Waals surface area contributed by atoms with E-state index < -0.39 is 0 Å². The van der Waals surface area contributed by atoms with Gasteiger partial charge in [0.25, 0.3) is 0 Å².